The molecule has 0 aliphatic rings. The first-order chi connectivity index (χ1) is 4.74. The van der Waals surface area contributed by atoms with E-state index in [0.717, 1.165) is 11.8 Å². The van der Waals surface area contributed by atoms with Crippen LogP contribution in [0.1, 0.15) is 53.4 Å². The molecule has 0 saturated carbocycles. The third-order valence-corrected chi connectivity index (χ3v) is 2.59. The van der Waals surface area contributed by atoms with Crippen LogP contribution < -0.4 is 0 Å². The SMILES string of the molecule is CCC(CC)C[C@H](C)CC. The molecule has 0 aliphatic carbocycles. The molecule has 62 valence electrons. The minimum absolute atomic E-state index is 0.935. The lowest BCUT2D eigenvalue weighted by atomic mass is 9.90. The highest BCUT2D eigenvalue weighted by molar-refractivity contribution is 4.59. The van der Waals surface area contributed by atoms with Crippen LogP contribution in [-0.2, 0) is 0 Å². The van der Waals surface area contributed by atoms with Crippen molar-refractivity contribution in [1.82, 2.24) is 0 Å². The third kappa shape index (κ3) is 3.92. The number of hydrogen-bond acceptors (Lipinski definition) is 0. The lowest BCUT2D eigenvalue weighted by Gasteiger charge is -2.16. The van der Waals surface area contributed by atoms with Crippen LogP contribution in [0.2, 0.25) is 0 Å². The van der Waals surface area contributed by atoms with Gasteiger partial charge in [-0.3, -0.25) is 0 Å². The summed E-state index contributed by atoms with van der Waals surface area (Å²) in [5, 5.41) is 0. The largest absolute Gasteiger partial charge is 0.0651 e. The molecule has 0 N–H and O–H groups in total. The Morgan fingerprint density at radius 3 is 1.70 bits per heavy atom. The second-order valence-electron chi connectivity index (χ2n) is 3.43. The standard InChI is InChI=1S/C10H22/c1-5-9(4)8-10(6-2)7-3/h9-10H,5-8H2,1-4H3/t9-/m1/s1. The van der Waals surface area contributed by atoms with Crippen molar-refractivity contribution in [2.45, 2.75) is 53.4 Å². The van der Waals surface area contributed by atoms with Crippen LogP contribution >= 0.6 is 0 Å². The lowest BCUT2D eigenvalue weighted by Crippen LogP contribution is -2.03. The summed E-state index contributed by atoms with van der Waals surface area (Å²) >= 11 is 0. The first-order valence-corrected chi connectivity index (χ1v) is 4.74. The van der Waals surface area contributed by atoms with Gasteiger partial charge in [0, 0.05) is 0 Å². The normalized spacial score (nSPS) is 14.1. The molecule has 0 unspecified atom stereocenters. The fourth-order valence-corrected chi connectivity index (χ4v) is 1.36. The lowest BCUT2D eigenvalue weighted by molar-refractivity contribution is 0.364. The molecule has 0 rings (SSSR count). The van der Waals surface area contributed by atoms with E-state index in [4.69, 9.17) is 0 Å². The Balaban J connectivity index is 3.41. The van der Waals surface area contributed by atoms with E-state index in [-0.39, 0.29) is 0 Å². The first-order valence-electron chi connectivity index (χ1n) is 4.74. The summed E-state index contributed by atoms with van der Waals surface area (Å²) in [5.41, 5.74) is 0. The van der Waals surface area contributed by atoms with E-state index >= 15 is 0 Å². The molecule has 0 bridgehead atoms. The minimum Gasteiger partial charge on any atom is -0.0651 e. The summed E-state index contributed by atoms with van der Waals surface area (Å²) in [6, 6.07) is 0. The van der Waals surface area contributed by atoms with Gasteiger partial charge in [-0.05, 0) is 18.3 Å². The van der Waals surface area contributed by atoms with Gasteiger partial charge < -0.3 is 0 Å². The molecule has 10 heavy (non-hydrogen) atoms. The van der Waals surface area contributed by atoms with Gasteiger partial charge in [0.05, 0.1) is 0 Å². The smallest absolute Gasteiger partial charge is 0.0417 e. The van der Waals surface area contributed by atoms with Crippen LogP contribution in [0.15, 0.2) is 0 Å². The van der Waals surface area contributed by atoms with Gasteiger partial charge in [0.25, 0.3) is 0 Å². The van der Waals surface area contributed by atoms with E-state index < -0.39 is 0 Å². The molecule has 0 heteroatoms. The van der Waals surface area contributed by atoms with Crippen LogP contribution in [0.5, 0.6) is 0 Å². The minimum atomic E-state index is 0.935. The van der Waals surface area contributed by atoms with E-state index in [0.29, 0.717) is 0 Å². The zero-order valence-electron chi connectivity index (χ0n) is 7.98. The summed E-state index contributed by atoms with van der Waals surface area (Å²) in [6.45, 7) is 9.25. The molecule has 0 heterocycles. The highest BCUT2D eigenvalue weighted by Crippen LogP contribution is 2.20. The van der Waals surface area contributed by atoms with Crippen molar-refractivity contribution in [3.8, 4) is 0 Å². The molecule has 0 radical (unpaired) electrons. The van der Waals surface area contributed by atoms with Crippen molar-refractivity contribution in [2.24, 2.45) is 11.8 Å². The Bertz CT molecular complexity index is 62.4. The summed E-state index contributed by atoms with van der Waals surface area (Å²) in [5.74, 6) is 1.92. The van der Waals surface area contributed by atoms with Crippen molar-refractivity contribution in [1.29, 1.82) is 0 Å². The molecule has 0 aliphatic heterocycles. The predicted octanol–water partition coefficient (Wildman–Crippen LogP) is 3.86. The quantitative estimate of drug-likeness (QED) is 0.547. The maximum atomic E-state index is 2.36. The summed E-state index contributed by atoms with van der Waals surface area (Å²) < 4.78 is 0. The fourth-order valence-electron chi connectivity index (χ4n) is 1.36. The summed E-state index contributed by atoms with van der Waals surface area (Å²) in [6.07, 6.45) is 5.50. The van der Waals surface area contributed by atoms with Crippen LogP contribution in [0.25, 0.3) is 0 Å². The molecule has 0 spiro atoms. The maximum absolute atomic E-state index is 2.36. The summed E-state index contributed by atoms with van der Waals surface area (Å²) in [7, 11) is 0. The van der Waals surface area contributed by atoms with Gasteiger partial charge >= 0.3 is 0 Å². The van der Waals surface area contributed by atoms with Gasteiger partial charge in [-0.25, -0.2) is 0 Å². The average Bonchev–Trinajstić information content (AvgIpc) is 1.99. The van der Waals surface area contributed by atoms with Crippen LogP contribution in [0.3, 0.4) is 0 Å². The van der Waals surface area contributed by atoms with Crippen molar-refractivity contribution in [3.05, 3.63) is 0 Å². The second kappa shape index (κ2) is 5.76. The Kier molecular flexibility index (Phi) is 5.76. The first kappa shape index (κ1) is 10.0. The van der Waals surface area contributed by atoms with Gasteiger partial charge in [-0.15, -0.1) is 0 Å². The second-order valence-corrected chi connectivity index (χ2v) is 3.43. The molecule has 1 atom stereocenters. The van der Waals surface area contributed by atoms with Crippen molar-refractivity contribution >= 4 is 0 Å². The van der Waals surface area contributed by atoms with Gasteiger partial charge in [-0.1, -0.05) is 47.0 Å². The third-order valence-electron chi connectivity index (χ3n) is 2.59. The van der Waals surface area contributed by atoms with Gasteiger partial charge in [0.2, 0.25) is 0 Å². The van der Waals surface area contributed by atoms with Gasteiger partial charge in [-0.2, -0.15) is 0 Å². The van der Waals surface area contributed by atoms with Crippen LogP contribution in [0, 0.1) is 11.8 Å². The summed E-state index contributed by atoms with van der Waals surface area (Å²) in [4.78, 5) is 0. The maximum Gasteiger partial charge on any atom is -0.0417 e. The molecule has 0 amide bonds. The monoisotopic (exact) mass is 142 g/mol. The zero-order valence-corrected chi connectivity index (χ0v) is 7.98. The Labute approximate surface area is 66.0 Å². The molecule has 0 nitrogen and oxygen atoms in total. The van der Waals surface area contributed by atoms with Crippen LogP contribution in [0.4, 0.5) is 0 Å². The van der Waals surface area contributed by atoms with Crippen molar-refractivity contribution in [2.75, 3.05) is 0 Å². The molecule has 0 aromatic rings. The molecular weight excluding hydrogens is 120 g/mol. The van der Waals surface area contributed by atoms with E-state index in [1.807, 2.05) is 0 Å². The predicted molar refractivity (Wildman–Crippen MR) is 48.1 cm³/mol. The van der Waals surface area contributed by atoms with Crippen molar-refractivity contribution in [3.63, 3.8) is 0 Å². The zero-order chi connectivity index (χ0) is 7.98. The fraction of sp³-hybridized carbons (Fsp3) is 1.00. The van der Waals surface area contributed by atoms with Crippen LogP contribution in [-0.4, -0.2) is 0 Å². The number of rotatable bonds is 5. The van der Waals surface area contributed by atoms with E-state index in [1.54, 1.807) is 0 Å². The van der Waals surface area contributed by atoms with E-state index in [9.17, 15) is 0 Å². The molecule has 0 aromatic heterocycles. The topological polar surface area (TPSA) is 0 Å². The molecule has 0 aromatic carbocycles. The molecule has 0 saturated heterocycles. The van der Waals surface area contributed by atoms with E-state index in [2.05, 4.69) is 27.7 Å². The van der Waals surface area contributed by atoms with Crippen molar-refractivity contribution < 1.29 is 0 Å². The number of hydrogen-bond donors (Lipinski definition) is 0. The molecular formula is C10H22. The molecule has 0 fully saturated rings. The Hall–Kier alpha value is 0. The van der Waals surface area contributed by atoms with Gasteiger partial charge in [0.15, 0.2) is 0 Å². The van der Waals surface area contributed by atoms with E-state index in [1.165, 1.54) is 25.7 Å². The highest BCUT2D eigenvalue weighted by atomic mass is 14.1. The van der Waals surface area contributed by atoms with Gasteiger partial charge in [0.1, 0.15) is 0 Å². The Morgan fingerprint density at radius 2 is 1.40 bits per heavy atom. The Morgan fingerprint density at radius 1 is 0.900 bits per heavy atom. The average molecular weight is 142 g/mol. The highest BCUT2D eigenvalue weighted by Gasteiger charge is 2.07.